The fourth-order valence-electron chi connectivity index (χ4n) is 2.84. The van der Waals surface area contributed by atoms with Crippen LogP contribution >= 0.6 is 0 Å². The van der Waals surface area contributed by atoms with Crippen LogP contribution in [0.3, 0.4) is 0 Å². The van der Waals surface area contributed by atoms with Crippen molar-refractivity contribution >= 4 is 28.3 Å². The number of nitrogen functional groups attached to an aromatic ring is 1. The number of anilines is 2. The number of hydrogen-bond acceptors (Lipinski definition) is 5. The normalized spacial score (nSPS) is 11.1. The molecule has 0 aliphatic rings. The van der Waals surface area contributed by atoms with Crippen LogP contribution in [0, 0.1) is 13.8 Å². The average Bonchev–Trinajstić information content (AvgIpc) is 2.59. The maximum Gasteiger partial charge on any atom is 0.238 e. The summed E-state index contributed by atoms with van der Waals surface area (Å²) in [6.45, 7) is 4.71. The number of aryl methyl sites for hydroxylation is 1. The Morgan fingerprint density at radius 2 is 1.88 bits per heavy atom. The van der Waals surface area contributed by atoms with Gasteiger partial charge in [0, 0.05) is 11.1 Å². The van der Waals surface area contributed by atoms with Crippen molar-refractivity contribution in [1.82, 2.24) is 14.9 Å². The molecule has 1 heterocycles. The molecule has 0 saturated heterocycles. The van der Waals surface area contributed by atoms with Crippen molar-refractivity contribution in [2.45, 2.75) is 20.4 Å². The van der Waals surface area contributed by atoms with Gasteiger partial charge in [0.05, 0.1) is 18.6 Å². The lowest BCUT2D eigenvalue weighted by Crippen LogP contribution is -2.30. The number of nitrogens with two attached hydrogens (primary N) is 1. The minimum Gasteiger partial charge on any atom is -0.383 e. The Bertz CT molecular complexity index is 954. The first kappa shape index (κ1) is 17.8. The van der Waals surface area contributed by atoms with E-state index in [1.54, 1.807) is 0 Å². The third-order valence-corrected chi connectivity index (χ3v) is 4.38. The summed E-state index contributed by atoms with van der Waals surface area (Å²) in [5.74, 6) is 0.983. The molecule has 0 saturated carbocycles. The molecule has 1 aromatic heterocycles. The Hall–Kier alpha value is -2.99. The van der Waals surface area contributed by atoms with Crippen molar-refractivity contribution in [2.75, 3.05) is 24.6 Å². The van der Waals surface area contributed by atoms with Gasteiger partial charge in [-0.1, -0.05) is 24.3 Å². The molecule has 6 nitrogen and oxygen atoms in total. The van der Waals surface area contributed by atoms with E-state index in [9.17, 15) is 4.79 Å². The zero-order valence-corrected chi connectivity index (χ0v) is 15.3. The molecule has 134 valence electrons. The number of para-hydroxylation sites is 1. The van der Waals surface area contributed by atoms with Crippen molar-refractivity contribution in [2.24, 2.45) is 0 Å². The number of amides is 1. The highest BCUT2D eigenvalue weighted by atomic mass is 16.2. The number of nitrogens with zero attached hydrogens (tertiary/aromatic N) is 3. The highest BCUT2D eigenvalue weighted by Crippen LogP contribution is 2.19. The van der Waals surface area contributed by atoms with E-state index in [4.69, 9.17) is 5.73 Å². The zero-order valence-electron chi connectivity index (χ0n) is 15.3. The molecule has 0 bridgehead atoms. The van der Waals surface area contributed by atoms with E-state index in [0.29, 0.717) is 18.2 Å². The maximum absolute atomic E-state index is 12.3. The van der Waals surface area contributed by atoms with Crippen LogP contribution in [0.1, 0.15) is 17.0 Å². The van der Waals surface area contributed by atoms with Gasteiger partial charge in [0.15, 0.2) is 0 Å². The molecule has 6 heteroatoms. The van der Waals surface area contributed by atoms with E-state index in [2.05, 4.69) is 15.3 Å². The minimum absolute atomic E-state index is 0.0741. The fraction of sp³-hybridized carbons (Fsp3) is 0.250. The molecule has 0 aliphatic carbocycles. The van der Waals surface area contributed by atoms with Crippen molar-refractivity contribution < 1.29 is 4.79 Å². The largest absolute Gasteiger partial charge is 0.383 e. The van der Waals surface area contributed by atoms with Crippen molar-refractivity contribution in [3.05, 3.63) is 59.4 Å². The van der Waals surface area contributed by atoms with Gasteiger partial charge in [0.1, 0.15) is 11.6 Å². The predicted octanol–water partition coefficient (Wildman–Crippen LogP) is 2.90. The smallest absolute Gasteiger partial charge is 0.238 e. The molecular formula is C20H23N5O. The third-order valence-electron chi connectivity index (χ3n) is 4.38. The minimum atomic E-state index is -0.0741. The summed E-state index contributed by atoms with van der Waals surface area (Å²) in [5, 5.41) is 3.80. The van der Waals surface area contributed by atoms with Gasteiger partial charge in [0.25, 0.3) is 0 Å². The Balaban J connectivity index is 1.66. The SMILES string of the molecule is Cc1cccc(NC(=O)CN(C)Cc2nc(N)c3ccccc3n2)c1C. The molecule has 3 rings (SSSR count). The first-order valence-corrected chi connectivity index (χ1v) is 8.50. The number of carbonyl (C=O) groups is 1. The monoisotopic (exact) mass is 349 g/mol. The molecular weight excluding hydrogens is 326 g/mol. The van der Waals surface area contributed by atoms with Crippen LogP contribution in [0.5, 0.6) is 0 Å². The number of carbonyl (C=O) groups excluding carboxylic acids is 1. The molecule has 0 aliphatic heterocycles. The topological polar surface area (TPSA) is 84.1 Å². The standard InChI is InChI=1S/C20H23N5O/c1-13-7-6-10-16(14(13)2)23-19(26)12-25(3)11-18-22-17-9-5-4-8-15(17)20(21)24-18/h4-10H,11-12H2,1-3H3,(H,23,26)(H2,21,22,24). The van der Waals surface area contributed by atoms with Crippen LogP contribution in [0.15, 0.2) is 42.5 Å². The summed E-state index contributed by atoms with van der Waals surface area (Å²) in [7, 11) is 1.86. The molecule has 0 unspecified atom stereocenters. The van der Waals surface area contributed by atoms with Gasteiger partial charge in [-0.05, 0) is 50.2 Å². The van der Waals surface area contributed by atoms with E-state index in [-0.39, 0.29) is 12.5 Å². The summed E-state index contributed by atoms with van der Waals surface area (Å²) in [6, 6.07) is 13.5. The van der Waals surface area contributed by atoms with Crippen LogP contribution < -0.4 is 11.1 Å². The lowest BCUT2D eigenvalue weighted by molar-refractivity contribution is -0.117. The second-order valence-electron chi connectivity index (χ2n) is 6.51. The third kappa shape index (κ3) is 3.97. The molecule has 0 fully saturated rings. The Morgan fingerprint density at radius 1 is 1.12 bits per heavy atom. The number of benzene rings is 2. The number of nitrogens with one attached hydrogen (secondary N) is 1. The average molecular weight is 349 g/mol. The summed E-state index contributed by atoms with van der Waals surface area (Å²) in [4.78, 5) is 23.1. The summed E-state index contributed by atoms with van der Waals surface area (Å²) in [6.07, 6.45) is 0. The van der Waals surface area contributed by atoms with E-state index in [1.165, 1.54) is 0 Å². The summed E-state index contributed by atoms with van der Waals surface area (Å²) in [5.41, 5.74) is 9.90. The zero-order chi connectivity index (χ0) is 18.7. The van der Waals surface area contributed by atoms with E-state index >= 15 is 0 Å². The molecule has 2 aromatic carbocycles. The number of fused-ring (bicyclic) bond motifs is 1. The van der Waals surface area contributed by atoms with Gasteiger partial charge in [0.2, 0.25) is 5.91 Å². The lowest BCUT2D eigenvalue weighted by atomic mass is 10.1. The summed E-state index contributed by atoms with van der Waals surface area (Å²) >= 11 is 0. The van der Waals surface area contributed by atoms with Crippen molar-refractivity contribution in [3.8, 4) is 0 Å². The number of likely N-dealkylation sites (N-methyl/N-ethyl adjacent to an activating group) is 1. The first-order valence-electron chi connectivity index (χ1n) is 8.50. The van der Waals surface area contributed by atoms with Crippen LogP contribution in [0.4, 0.5) is 11.5 Å². The molecule has 0 atom stereocenters. The van der Waals surface area contributed by atoms with E-state index in [0.717, 1.165) is 27.7 Å². The molecule has 0 spiro atoms. The van der Waals surface area contributed by atoms with E-state index in [1.807, 2.05) is 68.3 Å². The van der Waals surface area contributed by atoms with Gasteiger partial charge in [-0.2, -0.15) is 0 Å². The van der Waals surface area contributed by atoms with E-state index < -0.39 is 0 Å². The Labute approximate surface area is 153 Å². The maximum atomic E-state index is 12.3. The Kier molecular flexibility index (Phi) is 5.14. The lowest BCUT2D eigenvalue weighted by Gasteiger charge is -2.17. The summed E-state index contributed by atoms with van der Waals surface area (Å²) < 4.78 is 0. The highest BCUT2D eigenvalue weighted by molar-refractivity contribution is 5.93. The molecule has 0 radical (unpaired) electrons. The molecule has 1 amide bonds. The van der Waals surface area contributed by atoms with Crippen molar-refractivity contribution in [3.63, 3.8) is 0 Å². The fourth-order valence-corrected chi connectivity index (χ4v) is 2.84. The number of aromatic nitrogens is 2. The van der Waals surface area contributed by atoms with Crippen molar-refractivity contribution in [1.29, 1.82) is 0 Å². The van der Waals surface area contributed by atoms with Gasteiger partial charge in [-0.25, -0.2) is 9.97 Å². The van der Waals surface area contributed by atoms with Crippen LogP contribution in [0.25, 0.3) is 10.9 Å². The second kappa shape index (κ2) is 7.49. The first-order chi connectivity index (χ1) is 12.4. The predicted molar refractivity (Wildman–Crippen MR) is 105 cm³/mol. The second-order valence-corrected chi connectivity index (χ2v) is 6.51. The number of hydrogen-bond donors (Lipinski definition) is 2. The van der Waals surface area contributed by atoms with Gasteiger partial charge in [-0.15, -0.1) is 0 Å². The Morgan fingerprint density at radius 3 is 2.69 bits per heavy atom. The van der Waals surface area contributed by atoms with Crippen LogP contribution in [-0.2, 0) is 11.3 Å². The van der Waals surface area contributed by atoms with Crippen LogP contribution in [0.2, 0.25) is 0 Å². The molecule has 3 aromatic rings. The van der Waals surface area contributed by atoms with Gasteiger partial charge >= 0.3 is 0 Å². The van der Waals surface area contributed by atoms with Crippen LogP contribution in [-0.4, -0.2) is 34.4 Å². The highest BCUT2D eigenvalue weighted by Gasteiger charge is 2.12. The number of rotatable bonds is 5. The quantitative estimate of drug-likeness (QED) is 0.740. The van der Waals surface area contributed by atoms with Gasteiger partial charge in [-0.3, -0.25) is 9.69 Å². The molecule has 26 heavy (non-hydrogen) atoms. The van der Waals surface area contributed by atoms with Gasteiger partial charge < -0.3 is 11.1 Å². The molecule has 3 N–H and O–H groups in total.